The Morgan fingerprint density at radius 1 is 1.21 bits per heavy atom. The van der Waals surface area contributed by atoms with E-state index in [4.69, 9.17) is 4.74 Å². The van der Waals surface area contributed by atoms with Crippen LogP contribution in [0.1, 0.15) is 60.8 Å². The van der Waals surface area contributed by atoms with Gasteiger partial charge in [-0.15, -0.1) is 11.3 Å². The van der Waals surface area contributed by atoms with Crippen LogP contribution in [-0.2, 0) is 22.4 Å². The second-order valence-electron chi connectivity index (χ2n) is 7.45. The van der Waals surface area contributed by atoms with Gasteiger partial charge in [0.25, 0.3) is 5.91 Å². The first-order valence-corrected chi connectivity index (χ1v) is 9.35. The molecule has 1 heterocycles. The summed E-state index contributed by atoms with van der Waals surface area (Å²) in [7, 11) is 1.61. The van der Waals surface area contributed by atoms with Gasteiger partial charge in [0.15, 0.2) is 0 Å². The summed E-state index contributed by atoms with van der Waals surface area (Å²) in [6, 6.07) is 0. The van der Waals surface area contributed by atoms with Crippen LogP contribution >= 0.6 is 11.3 Å². The van der Waals surface area contributed by atoms with E-state index in [0.29, 0.717) is 30.1 Å². The molecule has 0 saturated carbocycles. The number of nitrogens with one attached hydrogen (secondary N) is 2. The van der Waals surface area contributed by atoms with Crippen LogP contribution < -0.4 is 10.6 Å². The van der Waals surface area contributed by atoms with Gasteiger partial charge < -0.3 is 15.4 Å². The summed E-state index contributed by atoms with van der Waals surface area (Å²) in [6.45, 7) is 7.04. The lowest BCUT2D eigenvalue weighted by Crippen LogP contribution is -2.29. The van der Waals surface area contributed by atoms with Gasteiger partial charge in [0.2, 0.25) is 5.91 Å². The summed E-state index contributed by atoms with van der Waals surface area (Å²) in [5.74, 6) is -0.149. The van der Waals surface area contributed by atoms with Gasteiger partial charge in [-0.3, -0.25) is 9.59 Å². The van der Waals surface area contributed by atoms with E-state index in [1.165, 1.54) is 4.88 Å². The largest absolute Gasteiger partial charge is 0.383 e. The number of amides is 2. The second-order valence-corrected chi connectivity index (χ2v) is 8.55. The topological polar surface area (TPSA) is 67.4 Å². The minimum absolute atomic E-state index is 0.0351. The second kappa shape index (κ2) is 8.12. The fourth-order valence-electron chi connectivity index (χ4n) is 2.90. The molecule has 0 bridgehead atoms. The Kier molecular flexibility index (Phi) is 6.40. The van der Waals surface area contributed by atoms with Crippen LogP contribution in [-0.4, -0.2) is 32.1 Å². The van der Waals surface area contributed by atoms with Gasteiger partial charge in [0.1, 0.15) is 5.00 Å². The average molecular weight is 353 g/mol. The fraction of sp³-hybridized carbons (Fsp3) is 0.667. The third-order valence-corrected chi connectivity index (χ3v) is 5.14. The van der Waals surface area contributed by atoms with Gasteiger partial charge in [-0.1, -0.05) is 20.8 Å². The number of carbonyl (C=O) groups excluding carboxylic acids is 2. The van der Waals surface area contributed by atoms with Gasteiger partial charge in [0, 0.05) is 25.0 Å². The number of anilines is 1. The van der Waals surface area contributed by atoms with Crippen LogP contribution in [0.25, 0.3) is 0 Å². The highest BCUT2D eigenvalue weighted by Gasteiger charge is 2.27. The molecule has 0 aromatic carbocycles. The summed E-state index contributed by atoms with van der Waals surface area (Å²) in [5, 5.41) is 6.57. The third kappa shape index (κ3) is 5.05. The molecule has 2 N–H and O–H groups in total. The zero-order valence-electron chi connectivity index (χ0n) is 15.1. The Bertz CT molecular complexity index is 602. The highest BCUT2D eigenvalue weighted by molar-refractivity contribution is 7.17. The third-order valence-electron chi connectivity index (χ3n) is 3.93. The quantitative estimate of drug-likeness (QED) is 0.771. The summed E-state index contributed by atoms with van der Waals surface area (Å²) in [5.41, 5.74) is 1.70. The SMILES string of the molecule is COCCNC(=O)c1c(NC(=O)CC(C)(C)C)sc2c1CCCC2. The van der Waals surface area contributed by atoms with Crippen molar-refractivity contribution in [2.24, 2.45) is 5.41 Å². The van der Waals surface area contributed by atoms with E-state index < -0.39 is 0 Å². The average Bonchev–Trinajstić information content (AvgIpc) is 2.82. The van der Waals surface area contributed by atoms with E-state index in [9.17, 15) is 9.59 Å². The lowest BCUT2D eigenvalue weighted by atomic mass is 9.92. The Hall–Kier alpha value is -1.40. The summed E-state index contributed by atoms with van der Waals surface area (Å²) in [4.78, 5) is 26.2. The smallest absolute Gasteiger partial charge is 0.254 e. The number of hydrogen-bond acceptors (Lipinski definition) is 4. The highest BCUT2D eigenvalue weighted by Crippen LogP contribution is 2.38. The molecule has 134 valence electrons. The number of aryl methyl sites for hydroxylation is 1. The number of ether oxygens (including phenoxy) is 1. The molecule has 0 unspecified atom stereocenters. The first kappa shape index (κ1) is 18.9. The van der Waals surface area contributed by atoms with Crippen molar-refractivity contribution in [2.45, 2.75) is 52.9 Å². The Balaban J connectivity index is 2.21. The van der Waals surface area contributed by atoms with Crippen molar-refractivity contribution in [3.05, 3.63) is 16.0 Å². The molecular formula is C18H28N2O3S. The maximum Gasteiger partial charge on any atom is 0.254 e. The standard InChI is InChI=1S/C18H28N2O3S/c1-18(2,3)11-14(21)20-17-15(16(22)19-9-10-23-4)12-7-5-6-8-13(12)24-17/h5-11H2,1-4H3,(H,19,22)(H,20,21). The number of fused-ring (bicyclic) bond motifs is 1. The van der Waals surface area contributed by atoms with Gasteiger partial charge in [0.05, 0.1) is 12.2 Å². The van der Waals surface area contributed by atoms with Gasteiger partial charge >= 0.3 is 0 Å². The molecule has 5 nitrogen and oxygen atoms in total. The van der Waals surface area contributed by atoms with Crippen LogP contribution in [0.3, 0.4) is 0 Å². The van der Waals surface area contributed by atoms with Crippen molar-refractivity contribution in [3.8, 4) is 0 Å². The predicted molar refractivity (Wildman–Crippen MR) is 97.9 cm³/mol. The van der Waals surface area contributed by atoms with E-state index in [0.717, 1.165) is 31.2 Å². The summed E-state index contributed by atoms with van der Waals surface area (Å²) in [6.07, 6.45) is 4.58. The number of hydrogen-bond donors (Lipinski definition) is 2. The zero-order valence-corrected chi connectivity index (χ0v) is 15.9. The van der Waals surface area contributed by atoms with E-state index in [2.05, 4.69) is 10.6 Å². The van der Waals surface area contributed by atoms with Crippen molar-refractivity contribution in [2.75, 3.05) is 25.6 Å². The molecule has 1 aromatic rings. The molecule has 0 aliphatic heterocycles. The lowest BCUT2D eigenvalue weighted by molar-refractivity contribution is -0.117. The van der Waals surface area contributed by atoms with E-state index in [-0.39, 0.29) is 17.2 Å². The van der Waals surface area contributed by atoms with E-state index in [1.807, 2.05) is 20.8 Å². The van der Waals surface area contributed by atoms with Gasteiger partial charge in [-0.2, -0.15) is 0 Å². The number of carbonyl (C=O) groups is 2. The van der Waals surface area contributed by atoms with Crippen LogP contribution in [0.2, 0.25) is 0 Å². The molecule has 0 fully saturated rings. The molecule has 0 spiro atoms. The monoisotopic (exact) mass is 352 g/mol. The van der Waals surface area contributed by atoms with Gasteiger partial charge in [-0.05, 0) is 36.7 Å². The first-order valence-electron chi connectivity index (χ1n) is 8.53. The molecular weight excluding hydrogens is 324 g/mol. The van der Waals surface area contributed by atoms with Crippen molar-refractivity contribution >= 4 is 28.2 Å². The molecule has 2 rings (SSSR count). The minimum atomic E-state index is -0.113. The molecule has 1 aromatic heterocycles. The van der Waals surface area contributed by atoms with Gasteiger partial charge in [-0.25, -0.2) is 0 Å². The Labute approximate surface area is 148 Å². The Morgan fingerprint density at radius 2 is 1.92 bits per heavy atom. The lowest BCUT2D eigenvalue weighted by Gasteiger charge is -2.17. The minimum Gasteiger partial charge on any atom is -0.383 e. The molecule has 0 atom stereocenters. The van der Waals surface area contributed by atoms with Crippen molar-refractivity contribution in [3.63, 3.8) is 0 Å². The Morgan fingerprint density at radius 3 is 2.58 bits per heavy atom. The normalized spacial score (nSPS) is 14.2. The number of thiophene rings is 1. The highest BCUT2D eigenvalue weighted by atomic mass is 32.1. The molecule has 0 saturated heterocycles. The molecule has 6 heteroatoms. The first-order chi connectivity index (χ1) is 11.3. The molecule has 2 amide bonds. The molecule has 0 radical (unpaired) electrons. The number of rotatable bonds is 6. The summed E-state index contributed by atoms with van der Waals surface area (Å²) >= 11 is 1.56. The maximum absolute atomic E-state index is 12.6. The van der Waals surface area contributed by atoms with Crippen LogP contribution in [0.15, 0.2) is 0 Å². The summed E-state index contributed by atoms with van der Waals surface area (Å²) < 4.78 is 4.99. The van der Waals surface area contributed by atoms with Crippen LogP contribution in [0.4, 0.5) is 5.00 Å². The maximum atomic E-state index is 12.6. The fourth-order valence-corrected chi connectivity index (χ4v) is 4.20. The van der Waals surface area contributed by atoms with E-state index >= 15 is 0 Å². The number of methoxy groups -OCH3 is 1. The molecule has 1 aliphatic rings. The van der Waals surface area contributed by atoms with E-state index in [1.54, 1.807) is 18.4 Å². The molecule has 1 aliphatic carbocycles. The van der Waals surface area contributed by atoms with Crippen molar-refractivity contribution in [1.82, 2.24) is 5.32 Å². The van der Waals surface area contributed by atoms with Crippen LogP contribution in [0.5, 0.6) is 0 Å². The zero-order chi connectivity index (χ0) is 17.7. The van der Waals surface area contributed by atoms with Crippen LogP contribution in [0, 0.1) is 5.41 Å². The van der Waals surface area contributed by atoms with Crippen molar-refractivity contribution < 1.29 is 14.3 Å². The molecule has 24 heavy (non-hydrogen) atoms. The van der Waals surface area contributed by atoms with Crippen molar-refractivity contribution in [1.29, 1.82) is 0 Å². The predicted octanol–water partition coefficient (Wildman–Crippen LogP) is 3.38.